The molecule has 0 radical (unpaired) electrons. The molecule has 0 amide bonds. The maximum absolute atomic E-state index is 2.65. The van der Waals surface area contributed by atoms with E-state index in [1.165, 1.54) is 57.8 Å². The topological polar surface area (TPSA) is 0 Å². The second-order valence-electron chi connectivity index (χ2n) is 5.42. The monoisotopic (exact) mass is 192 g/mol. The quantitative estimate of drug-likeness (QED) is 0.417. The van der Waals surface area contributed by atoms with Crippen molar-refractivity contribution in [2.24, 2.45) is 11.8 Å². The van der Waals surface area contributed by atoms with Crippen LogP contribution in [0.15, 0.2) is 11.6 Å². The Bertz CT molecular complexity index is 194. The third-order valence-electron chi connectivity index (χ3n) is 3.94. The normalized spacial score (nSPS) is 33.5. The molecule has 2 saturated carbocycles. The average Bonchev–Trinajstić information content (AvgIpc) is 2.43. The van der Waals surface area contributed by atoms with Gasteiger partial charge in [-0.3, -0.25) is 0 Å². The highest BCUT2D eigenvalue weighted by Gasteiger charge is 2.17. The second-order valence-corrected chi connectivity index (χ2v) is 5.42. The van der Waals surface area contributed by atoms with E-state index in [-0.39, 0.29) is 0 Å². The van der Waals surface area contributed by atoms with Crippen molar-refractivity contribution in [3.05, 3.63) is 11.6 Å². The Labute approximate surface area is 88.8 Å². The van der Waals surface area contributed by atoms with Crippen molar-refractivity contribution in [1.82, 2.24) is 0 Å². The van der Waals surface area contributed by atoms with Crippen molar-refractivity contribution in [2.45, 2.75) is 64.7 Å². The molecule has 2 rings (SSSR count). The summed E-state index contributed by atoms with van der Waals surface area (Å²) < 4.78 is 0. The zero-order chi connectivity index (χ0) is 9.80. The van der Waals surface area contributed by atoms with Gasteiger partial charge in [-0.25, -0.2) is 0 Å². The van der Waals surface area contributed by atoms with E-state index in [2.05, 4.69) is 13.0 Å². The van der Waals surface area contributed by atoms with E-state index in [1.807, 2.05) is 0 Å². The molecule has 2 aliphatic rings. The predicted octanol–water partition coefficient (Wildman–Crippen LogP) is 4.70. The minimum Gasteiger partial charge on any atom is -0.0822 e. The molecule has 2 fully saturated rings. The van der Waals surface area contributed by atoms with Crippen LogP contribution in [0.5, 0.6) is 0 Å². The predicted molar refractivity (Wildman–Crippen MR) is 62.3 cm³/mol. The van der Waals surface area contributed by atoms with E-state index in [9.17, 15) is 0 Å². The van der Waals surface area contributed by atoms with Crippen LogP contribution in [0.25, 0.3) is 0 Å². The number of rotatable bonds is 1. The van der Waals surface area contributed by atoms with Gasteiger partial charge in [-0.15, -0.1) is 0 Å². The van der Waals surface area contributed by atoms with E-state index >= 15 is 0 Å². The molecule has 0 aliphatic heterocycles. The molecule has 1 atom stereocenters. The van der Waals surface area contributed by atoms with Crippen LogP contribution in [0.3, 0.4) is 0 Å². The molecule has 0 bridgehead atoms. The highest BCUT2D eigenvalue weighted by atomic mass is 14.2. The summed E-state index contributed by atoms with van der Waals surface area (Å²) in [5.74, 6) is 1.91. The Morgan fingerprint density at radius 2 is 1.71 bits per heavy atom. The summed E-state index contributed by atoms with van der Waals surface area (Å²) in [6, 6.07) is 0. The lowest BCUT2D eigenvalue weighted by molar-refractivity contribution is 0.553. The first-order valence-corrected chi connectivity index (χ1v) is 6.54. The Hall–Kier alpha value is -0.260. The van der Waals surface area contributed by atoms with Crippen LogP contribution in [-0.4, -0.2) is 0 Å². The summed E-state index contributed by atoms with van der Waals surface area (Å²) in [5.41, 5.74) is 1.78. The first kappa shape index (κ1) is 10.3. The second kappa shape index (κ2) is 5.00. The third-order valence-corrected chi connectivity index (χ3v) is 3.94. The van der Waals surface area contributed by atoms with E-state index in [4.69, 9.17) is 0 Å². The molecule has 0 aromatic heterocycles. The van der Waals surface area contributed by atoms with Crippen molar-refractivity contribution >= 4 is 0 Å². The maximum Gasteiger partial charge on any atom is -0.0231 e. The smallest absolute Gasteiger partial charge is 0.0231 e. The fourth-order valence-electron chi connectivity index (χ4n) is 3.05. The minimum atomic E-state index is 0.942. The van der Waals surface area contributed by atoms with Crippen molar-refractivity contribution in [3.63, 3.8) is 0 Å². The van der Waals surface area contributed by atoms with Gasteiger partial charge in [-0.05, 0) is 43.9 Å². The van der Waals surface area contributed by atoms with Crippen LogP contribution in [0.2, 0.25) is 0 Å². The fourth-order valence-corrected chi connectivity index (χ4v) is 3.05. The van der Waals surface area contributed by atoms with E-state index < -0.39 is 0 Å². The Morgan fingerprint density at radius 3 is 2.29 bits per heavy atom. The van der Waals surface area contributed by atoms with E-state index in [0.717, 1.165) is 11.8 Å². The molecule has 0 saturated heterocycles. The zero-order valence-electron chi connectivity index (χ0n) is 9.60. The van der Waals surface area contributed by atoms with Gasteiger partial charge in [-0.2, -0.15) is 0 Å². The van der Waals surface area contributed by atoms with Crippen LogP contribution in [0, 0.1) is 11.8 Å². The molecule has 0 N–H and O–H groups in total. The molecule has 1 unspecified atom stereocenters. The summed E-state index contributed by atoms with van der Waals surface area (Å²) in [6.07, 6.45) is 15.7. The van der Waals surface area contributed by atoms with Gasteiger partial charge in [0, 0.05) is 0 Å². The van der Waals surface area contributed by atoms with Gasteiger partial charge < -0.3 is 0 Å². The molecule has 80 valence electrons. The van der Waals surface area contributed by atoms with Crippen molar-refractivity contribution in [1.29, 1.82) is 0 Å². The molecule has 0 heteroatoms. The van der Waals surface area contributed by atoms with Crippen LogP contribution in [0.4, 0.5) is 0 Å². The van der Waals surface area contributed by atoms with Crippen LogP contribution in [-0.2, 0) is 0 Å². The molecule has 2 aliphatic carbocycles. The summed E-state index contributed by atoms with van der Waals surface area (Å²) in [5, 5.41) is 0. The lowest BCUT2D eigenvalue weighted by Crippen LogP contribution is -1.95. The average molecular weight is 192 g/mol. The minimum absolute atomic E-state index is 0.942. The largest absolute Gasteiger partial charge is 0.0822 e. The van der Waals surface area contributed by atoms with E-state index in [1.54, 1.807) is 5.57 Å². The molecule has 0 heterocycles. The fraction of sp³-hybridized carbons (Fsp3) is 0.857. The SMILES string of the molecule is CC1CC/C(=C\C2CCCCCC2)C1. The van der Waals surface area contributed by atoms with Crippen LogP contribution in [0.1, 0.15) is 64.7 Å². The Kier molecular flexibility index (Phi) is 3.67. The van der Waals surface area contributed by atoms with Crippen LogP contribution < -0.4 is 0 Å². The first-order valence-electron chi connectivity index (χ1n) is 6.54. The van der Waals surface area contributed by atoms with Crippen molar-refractivity contribution < 1.29 is 0 Å². The lowest BCUT2D eigenvalue weighted by atomic mass is 9.96. The van der Waals surface area contributed by atoms with Gasteiger partial charge in [-0.1, -0.05) is 44.3 Å². The molecule has 0 aromatic rings. The van der Waals surface area contributed by atoms with Gasteiger partial charge in [0.25, 0.3) is 0 Å². The summed E-state index contributed by atoms with van der Waals surface area (Å²) in [6.45, 7) is 2.40. The Balaban J connectivity index is 1.88. The molecular weight excluding hydrogens is 168 g/mol. The van der Waals surface area contributed by atoms with Gasteiger partial charge in [0.05, 0.1) is 0 Å². The molecular formula is C14H24. The molecule has 0 spiro atoms. The summed E-state index contributed by atoms with van der Waals surface area (Å²) in [4.78, 5) is 0. The van der Waals surface area contributed by atoms with Crippen LogP contribution >= 0.6 is 0 Å². The summed E-state index contributed by atoms with van der Waals surface area (Å²) >= 11 is 0. The Morgan fingerprint density at radius 1 is 1.00 bits per heavy atom. The number of allylic oxidation sites excluding steroid dienone is 2. The number of hydrogen-bond donors (Lipinski definition) is 0. The zero-order valence-corrected chi connectivity index (χ0v) is 9.60. The highest BCUT2D eigenvalue weighted by Crippen LogP contribution is 2.33. The highest BCUT2D eigenvalue weighted by molar-refractivity contribution is 5.09. The van der Waals surface area contributed by atoms with E-state index in [0.29, 0.717) is 0 Å². The standard InChI is InChI=1S/C14H24/c1-12-8-9-14(10-12)11-13-6-4-2-3-5-7-13/h11-13H,2-10H2,1H3/b14-11+. The van der Waals surface area contributed by atoms with Crippen molar-refractivity contribution in [2.75, 3.05) is 0 Å². The number of hydrogen-bond acceptors (Lipinski definition) is 0. The van der Waals surface area contributed by atoms with Crippen molar-refractivity contribution in [3.8, 4) is 0 Å². The lowest BCUT2D eigenvalue weighted by Gasteiger charge is -2.09. The molecule has 0 nitrogen and oxygen atoms in total. The molecule has 14 heavy (non-hydrogen) atoms. The molecule has 0 aromatic carbocycles. The van der Waals surface area contributed by atoms with Gasteiger partial charge >= 0.3 is 0 Å². The maximum atomic E-state index is 2.65. The van der Waals surface area contributed by atoms with Gasteiger partial charge in [0.15, 0.2) is 0 Å². The third kappa shape index (κ3) is 2.87. The van der Waals surface area contributed by atoms with Gasteiger partial charge in [0.1, 0.15) is 0 Å². The summed E-state index contributed by atoms with van der Waals surface area (Å²) in [7, 11) is 0. The first-order chi connectivity index (χ1) is 6.84. The van der Waals surface area contributed by atoms with Gasteiger partial charge in [0.2, 0.25) is 0 Å².